The van der Waals surface area contributed by atoms with Crippen molar-refractivity contribution in [1.29, 1.82) is 0 Å². The minimum absolute atomic E-state index is 0.278. The predicted molar refractivity (Wildman–Crippen MR) is 90.3 cm³/mol. The first-order valence-corrected chi connectivity index (χ1v) is 8.00. The highest BCUT2D eigenvalue weighted by Crippen LogP contribution is 2.20. The summed E-state index contributed by atoms with van der Waals surface area (Å²) >= 11 is 0. The fourth-order valence-corrected chi connectivity index (χ4v) is 2.43. The lowest BCUT2D eigenvalue weighted by atomic mass is 9.86. The molecule has 0 aliphatic heterocycles. The number of amides is 3. The lowest BCUT2D eigenvalue weighted by Crippen LogP contribution is -2.58. The van der Waals surface area contributed by atoms with Gasteiger partial charge < -0.3 is 25.8 Å². The summed E-state index contributed by atoms with van der Waals surface area (Å²) in [7, 11) is 2.16. The van der Waals surface area contributed by atoms with E-state index in [2.05, 4.69) is 20.1 Å². The number of hydrogen-bond donors (Lipinski definition) is 3. The van der Waals surface area contributed by atoms with Crippen LogP contribution < -0.4 is 16.4 Å². The summed E-state index contributed by atoms with van der Waals surface area (Å²) in [5.41, 5.74) is 5.34. The van der Waals surface area contributed by atoms with Crippen LogP contribution in [0.3, 0.4) is 0 Å². The Morgan fingerprint density at radius 2 is 1.31 bits per heavy atom. The third kappa shape index (κ3) is 6.34. The van der Waals surface area contributed by atoms with Crippen LogP contribution in [0.1, 0.15) is 27.7 Å². The van der Waals surface area contributed by atoms with Gasteiger partial charge in [0.25, 0.3) is 0 Å². The second-order valence-electron chi connectivity index (χ2n) is 6.19. The Morgan fingerprint density at radius 1 is 0.846 bits per heavy atom. The number of ether oxygens (including phenoxy) is 2. The lowest BCUT2D eigenvalue weighted by Gasteiger charge is -2.29. The molecule has 0 rings (SSSR count). The second-order valence-corrected chi connectivity index (χ2v) is 6.19. The van der Waals surface area contributed by atoms with Crippen LogP contribution in [0.2, 0.25) is 0 Å². The smallest absolute Gasteiger partial charge is 0.320 e. The van der Waals surface area contributed by atoms with Gasteiger partial charge in [-0.25, -0.2) is 0 Å². The molecule has 0 heterocycles. The summed E-state index contributed by atoms with van der Waals surface area (Å²) in [5, 5.41) is 4.87. The quantitative estimate of drug-likeness (QED) is 0.336. The van der Waals surface area contributed by atoms with Crippen molar-refractivity contribution in [1.82, 2.24) is 10.6 Å². The van der Waals surface area contributed by atoms with Crippen LogP contribution in [0.15, 0.2) is 0 Å². The summed E-state index contributed by atoms with van der Waals surface area (Å²) in [4.78, 5) is 59.4. The molecule has 0 aromatic rings. The van der Waals surface area contributed by atoms with E-state index in [1.807, 2.05) is 0 Å². The molecule has 3 amide bonds. The van der Waals surface area contributed by atoms with Gasteiger partial charge in [-0.05, 0) is 5.92 Å². The molecule has 0 radical (unpaired) electrons. The first kappa shape index (κ1) is 23.4. The molecule has 0 aromatic carbocycles. The van der Waals surface area contributed by atoms with Crippen LogP contribution in [0.5, 0.6) is 0 Å². The van der Waals surface area contributed by atoms with Gasteiger partial charge >= 0.3 is 11.9 Å². The number of esters is 2. The maximum atomic E-state index is 12.5. The largest absolute Gasteiger partial charge is 0.468 e. The van der Waals surface area contributed by atoms with Gasteiger partial charge in [0.2, 0.25) is 17.7 Å². The topological polar surface area (TPSA) is 154 Å². The van der Waals surface area contributed by atoms with Gasteiger partial charge in [0, 0.05) is 12.8 Å². The third-order valence-corrected chi connectivity index (χ3v) is 3.87. The molecule has 10 heteroatoms. The van der Waals surface area contributed by atoms with Crippen LogP contribution in [0.4, 0.5) is 0 Å². The van der Waals surface area contributed by atoms with E-state index in [-0.39, 0.29) is 5.92 Å². The Balaban J connectivity index is 5.59. The average Bonchev–Trinajstić information content (AvgIpc) is 2.55. The second kappa shape index (κ2) is 10.4. The molecule has 4 N–H and O–H groups in total. The van der Waals surface area contributed by atoms with Crippen molar-refractivity contribution in [2.45, 2.75) is 39.8 Å². The van der Waals surface area contributed by atoms with Crippen molar-refractivity contribution >= 4 is 29.7 Å². The Morgan fingerprint density at radius 3 is 1.62 bits per heavy atom. The SMILES string of the molecule is COC(=O)C(C(=O)OC)[C@H](C)[C@H](NC(=O)[C@H](NC(C)=O)C(C)C)C(N)=O. The summed E-state index contributed by atoms with van der Waals surface area (Å²) in [5.74, 6) is -6.67. The number of methoxy groups -OCH3 is 2. The number of nitrogens with two attached hydrogens (primary N) is 1. The summed E-state index contributed by atoms with van der Waals surface area (Å²) in [6.07, 6.45) is 0. The fraction of sp³-hybridized carbons (Fsp3) is 0.688. The Kier molecular flexibility index (Phi) is 9.31. The van der Waals surface area contributed by atoms with Crippen molar-refractivity contribution in [2.75, 3.05) is 14.2 Å². The predicted octanol–water partition coefficient (Wildman–Crippen LogP) is -1.28. The van der Waals surface area contributed by atoms with Gasteiger partial charge in [-0.1, -0.05) is 20.8 Å². The van der Waals surface area contributed by atoms with Crippen LogP contribution >= 0.6 is 0 Å². The molecule has 0 bridgehead atoms. The van der Waals surface area contributed by atoms with Crippen LogP contribution in [-0.2, 0) is 33.4 Å². The Labute approximate surface area is 152 Å². The maximum Gasteiger partial charge on any atom is 0.320 e. The van der Waals surface area contributed by atoms with Crippen LogP contribution in [0, 0.1) is 17.8 Å². The van der Waals surface area contributed by atoms with Crippen LogP contribution in [-0.4, -0.2) is 56.0 Å². The zero-order valence-electron chi connectivity index (χ0n) is 15.8. The summed E-state index contributed by atoms with van der Waals surface area (Å²) in [6, 6.07) is -2.28. The minimum atomic E-state index is -1.46. The van der Waals surface area contributed by atoms with E-state index in [1.54, 1.807) is 13.8 Å². The van der Waals surface area contributed by atoms with Gasteiger partial charge in [0.15, 0.2) is 5.92 Å². The van der Waals surface area contributed by atoms with E-state index in [1.165, 1.54) is 13.8 Å². The Hall–Kier alpha value is -2.65. The number of primary amides is 1. The molecule has 3 atom stereocenters. The van der Waals surface area contributed by atoms with E-state index in [9.17, 15) is 24.0 Å². The number of carbonyl (C=O) groups is 5. The van der Waals surface area contributed by atoms with E-state index < -0.39 is 53.6 Å². The van der Waals surface area contributed by atoms with Gasteiger partial charge in [0.05, 0.1) is 14.2 Å². The molecule has 0 saturated heterocycles. The average molecular weight is 373 g/mol. The van der Waals surface area contributed by atoms with Crippen molar-refractivity contribution in [3.63, 3.8) is 0 Å². The van der Waals surface area contributed by atoms with E-state index in [0.717, 1.165) is 14.2 Å². The highest BCUT2D eigenvalue weighted by atomic mass is 16.5. The molecular weight excluding hydrogens is 346 g/mol. The normalized spacial score (nSPS) is 14.2. The first-order valence-electron chi connectivity index (χ1n) is 8.00. The lowest BCUT2D eigenvalue weighted by molar-refractivity contribution is -0.162. The molecule has 0 aromatic heterocycles. The van der Waals surface area contributed by atoms with Gasteiger partial charge in [-0.2, -0.15) is 0 Å². The van der Waals surface area contributed by atoms with Gasteiger partial charge in [0.1, 0.15) is 12.1 Å². The molecule has 10 nitrogen and oxygen atoms in total. The molecule has 0 aliphatic carbocycles. The summed E-state index contributed by atoms with van der Waals surface area (Å²) in [6.45, 7) is 6.04. The third-order valence-electron chi connectivity index (χ3n) is 3.87. The minimum Gasteiger partial charge on any atom is -0.468 e. The standard InChI is InChI=1S/C16H27N3O7/c1-7(2)11(18-9(4)20)14(22)19-12(13(17)21)8(3)10(15(23)25-5)16(24)26-6/h7-8,10-12H,1-6H3,(H2,17,21)(H,18,20)(H,19,22)/t8-,11+,12-/m0/s1. The van der Waals surface area contributed by atoms with Gasteiger partial charge in [-0.3, -0.25) is 24.0 Å². The highest BCUT2D eigenvalue weighted by Gasteiger charge is 2.42. The van der Waals surface area contributed by atoms with Gasteiger partial charge in [-0.15, -0.1) is 0 Å². The monoisotopic (exact) mass is 373 g/mol. The number of carbonyl (C=O) groups excluding carboxylic acids is 5. The van der Waals surface area contributed by atoms with Crippen molar-refractivity contribution in [3.05, 3.63) is 0 Å². The van der Waals surface area contributed by atoms with E-state index >= 15 is 0 Å². The molecule has 0 spiro atoms. The molecule has 0 saturated carbocycles. The van der Waals surface area contributed by atoms with E-state index in [4.69, 9.17) is 5.73 Å². The maximum absolute atomic E-state index is 12.5. The molecular formula is C16H27N3O7. The number of hydrogen-bond acceptors (Lipinski definition) is 7. The summed E-state index contributed by atoms with van der Waals surface area (Å²) < 4.78 is 9.14. The van der Waals surface area contributed by atoms with E-state index in [0.29, 0.717) is 0 Å². The number of nitrogens with one attached hydrogen (secondary N) is 2. The molecule has 0 fully saturated rings. The molecule has 0 unspecified atom stereocenters. The first-order chi connectivity index (χ1) is 12.0. The zero-order valence-corrected chi connectivity index (χ0v) is 15.8. The molecule has 26 heavy (non-hydrogen) atoms. The van der Waals surface area contributed by atoms with Crippen molar-refractivity contribution < 1.29 is 33.4 Å². The van der Waals surface area contributed by atoms with Crippen LogP contribution in [0.25, 0.3) is 0 Å². The highest BCUT2D eigenvalue weighted by molar-refractivity contribution is 5.97. The number of rotatable bonds is 9. The molecule has 0 aliphatic rings. The Bertz CT molecular complexity index is 546. The van der Waals surface area contributed by atoms with Crippen molar-refractivity contribution in [3.8, 4) is 0 Å². The molecule has 148 valence electrons. The van der Waals surface area contributed by atoms with Crippen molar-refractivity contribution in [2.24, 2.45) is 23.5 Å². The fourth-order valence-electron chi connectivity index (χ4n) is 2.43. The zero-order chi connectivity index (χ0) is 20.6.